The summed E-state index contributed by atoms with van der Waals surface area (Å²) in [6.45, 7) is 0. The van der Waals surface area contributed by atoms with Crippen molar-refractivity contribution in [2.24, 2.45) is 23.2 Å². The van der Waals surface area contributed by atoms with Crippen molar-refractivity contribution in [3.63, 3.8) is 0 Å². The van der Waals surface area contributed by atoms with Gasteiger partial charge in [-0.3, -0.25) is 4.98 Å². The fourth-order valence-electron chi connectivity index (χ4n) is 5.96. The lowest BCUT2D eigenvalue weighted by molar-refractivity contribution is -0.0747. The second kappa shape index (κ2) is 4.94. The van der Waals surface area contributed by atoms with Crippen LogP contribution in [-0.4, -0.2) is 24.1 Å². The summed E-state index contributed by atoms with van der Waals surface area (Å²) in [6.07, 6.45) is 12.0. The highest BCUT2D eigenvalue weighted by molar-refractivity contribution is 5.25. The van der Waals surface area contributed by atoms with Crippen LogP contribution in [-0.2, 0) is 0 Å². The summed E-state index contributed by atoms with van der Waals surface area (Å²) >= 11 is 0. The van der Waals surface area contributed by atoms with E-state index < -0.39 is 0 Å². The molecule has 0 amide bonds. The Hall–Kier alpha value is -1.16. The van der Waals surface area contributed by atoms with Crippen molar-refractivity contribution in [3.8, 4) is 5.88 Å². The standard InChI is InChI=1S/C17H25N3O/c1-18-15(14-16(21-2)20-4-3-19-14)17-8-11-5-12(9-17)7-13(6-11)10-17/h3-4,11-13,15,18H,5-10H2,1-2H3. The van der Waals surface area contributed by atoms with Crippen molar-refractivity contribution >= 4 is 0 Å². The Morgan fingerprint density at radius 3 is 2.19 bits per heavy atom. The molecule has 1 unspecified atom stereocenters. The summed E-state index contributed by atoms with van der Waals surface area (Å²) in [6, 6.07) is 0.273. The molecule has 0 saturated heterocycles. The van der Waals surface area contributed by atoms with Crippen molar-refractivity contribution in [1.29, 1.82) is 0 Å². The van der Waals surface area contributed by atoms with E-state index in [2.05, 4.69) is 22.3 Å². The lowest BCUT2D eigenvalue weighted by Gasteiger charge is -2.59. The van der Waals surface area contributed by atoms with Crippen LogP contribution in [0.3, 0.4) is 0 Å². The minimum Gasteiger partial charge on any atom is -0.480 e. The van der Waals surface area contributed by atoms with Crippen LogP contribution in [0.15, 0.2) is 12.4 Å². The Kier molecular flexibility index (Phi) is 3.18. The molecule has 4 aliphatic carbocycles. The van der Waals surface area contributed by atoms with Gasteiger partial charge in [0.2, 0.25) is 5.88 Å². The molecule has 4 heteroatoms. The van der Waals surface area contributed by atoms with Crippen LogP contribution in [0.25, 0.3) is 0 Å². The molecule has 4 saturated carbocycles. The van der Waals surface area contributed by atoms with Gasteiger partial charge >= 0.3 is 0 Å². The average Bonchev–Trinajstić information content (AvgIpc) is 2.47. The Bertz CT molecular complexity index is 495. The van der Waals surface area contributed by atoms with Gasteiger partial charge in [-0.25, -0.2) is 4.98 Å². The van der Waals surface area contributed by atoms with Crippen molar-refractivity contribution in [3.05, 3.63) is 18.1 Å². The van der Waals surface area contributed by atoms with Gasteiger partial charge in [-0.05, 0) is 68.7 Å². The van der Waals surface area contributed by atoms with E-state index in [0.717, 1.165) is 23.4 Å². The largest absolute Gasteiger partial charge is 0.480 e. The van der Waals surface area contributed by atoms with Crippen LogP contribution in [0.4, 0.5) is 0 Å². The van der Waals surface area contributed by atoms with E-state index in [0.29, 0.717) is 11.3 Å². The predicted octanol–water partition coefficient (Wildman–Crippen LogP) is 2.96. The van der Waals surface area contributed by atoms with Crippen LogP contribution in [0.5, 0.6) is 5.88 Å². The summed E-state index contributed by atoms with van der Waals surface area (Å²) < 4.78 is 5.48. The highest BCUT2D eigenvalue weighted by Gasteiger charge is 2.55. The zero-order chi connectivity index (χ0) is 14.4. The van der Waals surface area contributed by atoms with Crippen molar-refractivity contribution < 1.29 is 4.74 Å². The Labute approximate surface area is 126 Å². The fourth-order valence-corrected chi connectivity index (χ4v) is 5.96. The third-order valence-electron chi connectivity index (χ3n) is 6.14. The quantitative estimate of drug-likeness (QED) is 0.925. The summed E-state index contributed by atoms with van der Waals surface area (Å²) in [5.41, 5.74) is 1.37. The van der Waals surface area contributed by atoms with Gasteiger partial charge in [0.05, 0.1) is 13.2 Å². The lowest BCUT2D eigenvalue weighted by Crippen LogP contribution is -2.51. The molecule has 0 aliphatic heterocycles. The summed E-state index contributed by atoms with van der Waals surface area (Å²) in [5, 5.41) is 3.57. The van der Waals surface area contributed by atoms with Crippen LogP contribution < -0.4 is 10.1 Å². The Balaban J connectivity index is 1.72. The molecule has 114 valence electrons. The first kappa shape index (κ1) is 13.5. The number of aromatic nitrogens is 2. The molecule has 4 fully saturated rings. The maximum Gasteiger partial charge on any atom is 0.237 e. The molecule has 1 atom stereocenters. The SMILES string of the molecule is CNC(c1nccnc1OC)C12CC3CC(CC(C3)C1)C2. The minimum absolute atomic E-state index is 0.273. The average molecular weight is 287 g/mol. The summed E-state index contributed by atoms with van der Waals surface area (Å²) in [4.78, 5) is 9.00. The van der Waals surface area contributed by atoms with E-state index in [1.807, 2.05) is 0 Å². The van der Waals surface area contributed by atoms with Gasteiger partial charge in [-0.15, -0.1) is 0 Å². The lowest BCUT2D eigenvalue weighted by atomic mass is 9.47. The van der Waals surface area contributed by atoms with Gasteiger partial charge in [-0.2, -0.15) is 0 Å². The highest BCUT2D eigenvalue weighted by Crippen LogP contribution is 2.64. The van der Waals surface area contributed by atoms with Gasteiger partial charge in [-0.1, -0.05) is 0 Å². The van der Waals surface area contributed by atoms with Crippen molar-refractivity contribution in [2.75, 3.05) is 14.2 Å². The number of methoxy groups -OCH3 is 1. The van der Waals surface area contributed by atoms with E-state index in [1.54, 1.807) is 19.5 Å². The third kappa shape index (κ3) is 2.07. The summed E-state index contributed by atoms with van der Waals surface area (Å²) in [7, 11) is 3.76. The fraction of sp³-hybridized carbons (Fsp3) is 0.765. The van der Waals surface area contributed by atoms with Crippen LogP contribution in [0, 0.1) is 23.2 Å². The highest BCUT2D eigenvalue weighted by atomic mass is 16.5. The molecule has 4 bridgehead atoms. The molecule has 0 spiro atoms. The number of hydrogen-bond donors (Lipinski definition) is 1. The van der Waals surface area contributed by atoms with Gasteiger partial charge in [0.1, 0.15) is 5.69 Å². The number of ether oxygens (including phenoxy) is 1. The van der Waals surface area contributed by atoms with Gasteiger partial charge in [0.15, 0.2) is 0 Å². The molecule has 0 aromatic carbocycles. The maximum atomic E-state index is 5.48. The van der Waals surface area contributed by atoms with E-state index in [9.17, 15) is 0 Å². The van der Waals surface area contributed by atoms with Gasteiger partial charge < -0.3 is 10.1 Å². The topological polar surface area (TPSA) is 47.0 Å². The monoisotopic (exact) mass is 287 g/mol. The normalized spacial score (nSPS) is 38.5. The molecule has 1 aromatic heterocycles. The predicted molar refractivity (Wildman–Crippen MR) is 81.0 cm³/mol. The van der Waals surface area contributed by atoms with E-state index >= 15 is 0 Å². The number of rotatable bonds is 4. The van der Waals surface area contributed by atoms with Crippen molar-refractivity contribution in [1.82, 2.24) is 15.3 Å². The smallest absolute Gasteiger partial charge is 0.237 e. The third-order valence-corrected chi connectivity index (χ3v) is 6.14. The van der Waals surface area contributed by atoms with E-state index in [-0.39, 0.29) is 6.04 Å². The van der Waals surface area contributed by atoms with E-state index in [4.69, 9.17) is 4.74 Å². The molecule has 1 aromatic rings. The van der Waals surface area contributed by atoms with Gasteiger partial charge in [0, 0.05) is 12.4 Å². The molecular formula is C17H25N3O. The first-order valence-corrected chi connectivity index (χ1v) is 8.26. The van der Waals surface area contributed by atoms with Crippen molar-refractivity contribution in [2.45, 2.75) is 44.6 Å². The number of nitrogens with one attached hydrogen (secondary N) is 1. The minimum atomic E-state index is 0.273. The molecular weight excluding hydrogens is 262 g/mol. The zero-order valence-electron chi connectivity index (χ0n) is 13.0. The van der Waals surface area contributed by atoms with E-state index in [1.165, 1.54) is 38.5 Å². The second-order valence-corrected chi connectivity index (χ2v) is 7.45. The molecule has 5 rings (SSSR count). The Morgan fingerprint density at radius 2 is 1.67 bits per heavy atom. The maximum absolute atomic E-state index is 5.48. The van der Waals surface area contributed by atoms with Crippen LogP contribution in [0.2, 0.25) is 0 Å². The number of nitrogens with zero attached hydrogens (tertiary/aromatic N) is 2. The molecule has 1 N–H and O–H groups in total. The molecule has 21 heavy (non-hydrogen) atoms. The first-order chi connectivity index (χ1) is 10.2. The first-order valence-electron chi connectivity index (χ1n) is 8.26. The molecule has 1 heterocycles. The molecule has 4 aliphatic rings. The van der Waals surface area contributed by atoms with Crippen LogP contribution in [0.1, 0.15) is 50.3 Å². The summed E-state index contributed by atoms with van der Waals surface area (Å²) in [5.74, 6) is 3.51. The van der Waals surface area contributed by atoms with Gasteiger partial charge in [0.25, 0.3) is 0 Å². The molecule has 0 radical (unpaired) electrons. The zero-order valence-corrected chi connectivity index (χ0v) is 13.0. The number of hydrogen-bond acceptors (Lipinski definition) is 4. The second-order valence-electron chi connectivity index (χ2n) is 7.45. The Morgan fingerprint density at radius 1 is 1.10 bits per heavy atom. The van der Waals surface area contributed by atoms with Crippen LogP contribution >= 0.6 is 0 Å². The molecule has 4 nitrogen and oxygen atoms in total.